The number of fused-ring (bicyclic) bond motifs is 1. The van der Waals surface area contributed by atoms with Crippen LogP contribution in [-0.4, -0.2) is 5.11 Å². The van der Waals surface area contributed by atoms with Gasteiger partial charge in [0.15, 0.2) is 0 Å². The molecule has 1 atom stereocenters. The molecule has 2 heteroatoms. The second-order valence-electron chi connectivity index (χ2n) is 3.99. The molecule has 0 amide bonds. The average molecular weight is 240 g/mol. The second kappa shape index (κ2) is 4.32. The van der Waals surface area contributed by atoms with Crippen molar-refractivity contribution in [3.8, 4) is 0 Å². The van der Waals surface area contributed by atoms with Gasteiger partial charge in [-0.3, -0.25) is 0 Å². The van der Waals surface area contributed by atoms with Gasteiger partial charge in [0.2, 0.25) is 0 Å². The standard InChI is InChI=1S/C15H12OS/c16-15(14-9-4-10-17-14)13-8-3-6-11-5-1-2-7-12(11)13/h1-10,15-16H/t15-/m0/s1. The van der Waals surface area contributed by atoms with E-state index in [-0.39, 0.29) is 0 Å². The van der Waals surface area contributed by atoms with E-state index in [1.165, 1.54) is 5.39 Å². The lowest BCUT2D eigenvalue weighted by atomic mass is 10.00. The highest BCUT2D eigenvalue weighted by molar-refractivity contribution is 7.10. The third-order valence-corrected chi connectivity index (χ3v) is 3.86. The molecule has 3 aromatic rings. The Morgan fingerprint density at radius 3 is 2.53 bits per heavy atom. The lowest BCUT2D eigenvalue weighted by Crippen LogP contribution is -1.97. The molecule has 0 saturated heterocycles. The maximum Gasteiger partial charge on any atom is 0.114 e. The minimum absolute atomic E-state index is 0.527. The van der Waals surface area contributed by atoms with Gasteiger partial charge in [-0.25, -0.2) is 0 Å². The van der Waals surface area contributed by atoms with E-state index in [1.54, 1.807) is 11.3 Å². The molecule has 0 unspecified atom stereocenters. The Bertz CT molecular complexity index is 623. The van der Waals surface area contributed by atoms with Crippen LogP contribution in [-0.2, 0) is 0 Å². The molecule has 0 aliphatic carbocycles. The number of benzene rings is 2. The Morgan fingerprint density at radius 2 is 1.71 bits per heavy atom. The van der Waals surface area contributed by atoms with Crippen molar-refractivity contribution >= 4 is 22.1 Å². The number of thiophene rings is 1. The molecule has 1 heterocycles. The molecule has 1 N–H and O–H groups in total. The highest BCUT2D eigenvalue weighted by Crippen LogP contribution is 2.30. The topological polar surface area (TPSA) is 20.2 Å². The molecule has 2 aromatic carbocycles. The smallest absolute Gasteiger partial charge is 0.114 e. The second-order valence-corrected chi connectivity index (χ2v) is 4.97. The first-order valence-corrected chi connectivity index (χ1v) is 6.43. The van der Waals surface area contributed by atoms with Crippen molar-refractivity contribution in [1.82, 2.24) is 0 Å². The van der Waals surface area contributed by atoms with Crippen LogP contribution in [0.3, 0.4) is 0 Å². The quantitative estimate of drug-likeness (QED) is 0.718. The van der Waals surface area contributed by atoms with E-state index in [9.17, 15) is 5.11 Å². The van der Waals surface area contributed by atoms with Crippen molar-refractivity contribution in [1.29, 1.82) is 0 Å². The number of hydrogen-bond acceptors (Lipinski definition) is 2. The molecule has 1 aromatic heterocycles. The van der Waals surface area contributed by atoms with Crippen molar-refractivity contribution in [2.75, 3.05) is 0 Å². The van der Waals surface area contributed by atoms with Crippen LogP contribution in [0.1, 0.15) is 16.5 Å². The fraction of sp³-hybridized carbons (Fsp3) is 0.0667. The Morgan fingerprint density at radius 1 is 0.882 bits per heavy atom. The molecule has 17 heavy (non-hydrogen) atoms. The summed E-state index contributed by atoms with van der Waals surface area (Å²) in [5.74, 6) is 0. The Labute approximate surface area is 104 Å². The van der Waals surface area contributed by atoms with Gasteiger partial charge in [0.1, 0.15) is 6.10 Å². The summed E-state index contributed by atoms with van der Waals surface area (Å²) in [6, 6.07) is 18.1. The molecule has 0 aliphatic rings. The van der Waals surface area contributed by atoms with Gasteiger partial charge in [0.25, 0.3) is 0 Å². The Balaban J connectivity index is 2.17. The third-order valence-electron chi connectivity index (χ3n) is 2.93. The first-order valence-electron chi connectivity index (χ1n) is 5.55. The SMILES string of the molecule is O[C@H](c1cccs1)c1cccc2ccccc12. The molecule has 0 radical (unpaired) electrons. The number of rotatable bonds is 2. The van der Waals surface area contributed by atoms with E-state index < -0.39 is 6.10 Å². The van der Waals surface area contributed by atoms with E-state index in [0.29, 0.717) is 0 Å². The maximum absolute atomic E-state index is 10.4. The summed E-state index contributed by atoms with van der Waals surface area (Å²) in [5.41, 5.74) is 0.977. The highest BCUT2D eigenvalue weighted by Gasteiger charge is 2.13. The molecular weight excluding hydrogens is 228 g/mol. The average Bonchev–Trinajstić information content (AvgIpc) is 2.91. The molecular formula is C15H12OS. The molecule has 0 spiro atoms. The highest BCUT2D eigenvalue weighted by atomic mass is 32.1. The lowest BCUT2D eigenvalue weighted by Gasteiger charge is -2.12. The van der Waals surface area contributed by atoms with Crippen LogP contribution in [0.25, 0.3) is 10.8 Å². The monoisotopic (exact) mass is 240 g/mol. The van der Waals surface area contributed by atoms with Crippen LogP contribution in [0.15, 0.2) is 60.0 Å². The normalized spacial score (nSPS) is 12.8. The summed E-state index contributed by atoms with van der Waals surface area (Å²) < 4.78 is 0. The van der Waals surface area contributed by atoms with E-state index in [1.807, 2.05) is 41.8 Å². The molecule has 0 saturated carbocycles. The first-order chi connectivity index (χ1) is 8.36. The summed E-state index contributed by atoms with van der Waals surface area (Å²) in [6.45, 7) is 0. The van der Waals surface area contributed by atoms with E-state index in [2.05, 4.69) is 18.2 Å². The number of aliphatic hydroxyl groups is 1. The minimum atomic E-state index is -0.527. The molecule has 3 rings (SSSR count). The molecule has 0 fully saturated rings. The lowest BCUT2D eigenvalue weighted by molar-refractivity contribution is 0.226. The van der Waals surface area contributed by atoms with Crippen LogP contribution >= 0.6 is 11.3 Å². The summed E-state index contributed by atoms with van der Waals surface area (Å²) in [6.07, 6.45) is -0.527. The predicted molar refractivity (Wildman–Crippen MR) is 72.3 cm³/mol. The van der Waals surface area contributed by atoms with Crippen LogP contribution < -0.4 is 0 Å². The van der Waals surface area contributed by atoms with Crippen molar-refractivity contribution < 1.29 is 5.11 Å². The van der Waals surface area contributed by atoms with Crippen molar-refractivity contribution in [3.05, 3.63) is 70.4 Å². The van der Waals surface area contributed by atoms with Crippen LogP contribution in [0.4, 0.5) is 0 Å². The molecule has 0 bridgehead atoms. The number of hydrogen-bond donors (Lipinski definition) is 1. The van der Waals surface area contributed by atoms with Gasteiger partial charge in [0.05, 0.1) is 0 Å². The Hall–Kier alpha value is -1.64. The summed E-state index contributed by atoms with van der Waals surface area (Å²) in [7, 11) is 0. The van der Waals surface area contributed by atoms with Crippen molar-refractivity contribution in [2.24, 2.45) is 0 Å². The zero-order valence-corrected chi connectivity index (χ0v) is 10.0. The Kier molecular flexibility index (Phi) is 2.67. The van der Waals surface area contributed by atoms with Crippen molar-refractivity contribution in [2.45, 2.75) is 6.10 Å². The van der Waals surface area contributed by atoms with Gasteiger partial charge in [0, 0.05) is 4.88 Å². The maximum atomic E-state index is 10.4. The van der Waals surface area contributed by atoms with E-state index in [4.69, 9.17) is 0 Å². The first kappa shape index (κ1) is 10.5. The van der Waals surface area contributed by atoms with Gasteiger partial charge >= 0.3 is 0 Å². The predicted octanol–water partition coefficient (Wildman–Crippen LogP) is 3.98. The van der Waals surface area contributed by atoms with E-state index in [0.717, 1.165) is 15.8 Å². The molecule has 0 aliphatic heterocycles. The minimum Gasteiger partial charge on any atom is -0.383 e. The van der Waals surface area contributed by atoms with Crippen molar-refractivity contribution in [3.63, 3.8) is 0 Å². The van der Waals surface area contributed by atoms with Gasteiger partial charge in [-0.1, -0.05) is 48.5 Å². The molecule has 1 nitrogen and oxygen atoms in total. The zero-order chi connectivity index (χ0) is 11.7. The summed E-state index contributed by atoms with van der Waals surface area (Å²) in [4.78, 5) is 0.987. The number of aliphatic hydroxyl groups excluding tert-OH is 1. The zero-order valence-electron chi connectivity index (χ0n) is 9.21. The largest absolute Gasteiger partial charge is 0.383 e. The van der Waals surface area contributed by atoms with Crippen LogP contribution in [0.5, 0.6) is 0 Å². The van der Waals surface area contributed by atoms with Gasteiger partial charge in [-0.2, -0.15) is 0 Å². The van der Waals surface area contributed by atoms with Gasteiger partial charge < -0.3 is 5.11 Å². The summed E-state index contributed by atoms with van der Waals surface area (Å²) >= 11 is 1.58. The van der Waals surface area contributed by atoms with E-state index >= 15 is 0 Å². The summed E-state index contributed by atoms with van der Waals surface area (Å²) in [5, 5.41) is 14.7. The van der Waals surface area contributed by atoms with Crippen LogP contribution in [0, 0.1) is 0 Å². The fourth-order valence-electron chi connectivity index (χ4n) is 2.09. The van der Waals surface area contributed by atoms with Gasteiger partial charge in [-0.15, -0.1) is 11.3 Å². The molecule has 84 valence electrons. The fourth-order valence-corrected chi connectivity index (χ4v) is 2.82. The van der Waals surface area contributed by atoms with Gasteiger partial charge in [-0.05, 0) is 27.8 Å². The van der Waals surface area contributed by atoms with Crippen LogP contribution in [0.2, 0.25) is 0 Å². The third kappa shape index (κ3) is 1.86.